The van der Waals surface area contributed by atoms with Crippen LogP contribution in [0, 0.1) is 0 Å². The summed E-state index contributed by atoms with van der Waals surface area (Å²) in [7, 11) is 0. The van der Waals surface area contributed by atoms with E-state index < -0.39 is 11.9 Å². The molecule has 1 N–H and O–H groups in total. The molecule has 1 aromatic rings. The Bertz CT molecular complexity index is 340. The molecule has 0 aliphatic heterocycles. The van der Waals surface area contributed by atoms with Crippen LogP contribution in [0.5, 0.6) is 0 Å². The molecule has 0 fully saturated rings. The predicted molar refractivity (Wildman–Crippen MR) is 52.9 cm³/mol. The van der Waals surface area contributed by atoms with Gasteiger partial charge in [-0.2, -0.15) is 13.2 Å². The summed E-state index contributed by atoms with van der Waals surface area (Å²) in [5.74, 6) is -0.968. The maximum atomic E-state index is 11.9. The summed E-state index contributed by atoms with van der Waals surface area (Å²) >= 11 is 0.648. The van der Waals surface area contributed by atoms with E-state index in [0.717, 1.165) is 0 Å². The van der Waals surface area contributed by atoms with E-state index >= 15 is 0 Å². The van der Waals surface area contributed by atoms with E-state index in [1.807, 2.05) is 0 Å². The first-order valence-corrected chi connectivity index (χ1v) is 5.00. The zero-order valence-corrected chi connectivity index (χ0v) is 8.36. The predicted octanol–water partition coefficient (Wildman–Crippen LogP) is 2.91. The van der Waals surface area contributed by atoms with Crippen molar-refractivity contribution in [3.63, 3.8) is 0 Å². The SMILES string of the molecule is O=CNc1ccccc1SCC(F)(F)F. The van der Waals surface area contributed by atoms with E-state index in [-0.39, 0.29) is 0 Å². The van der Waals surface area contributed by atoms with Crippen LogP contribution in [0.4, 0.5) is 18.9 Å². The Labute approximate surface area is 88.9 Å². The fraction of sp³-hybridized carbons (Fsp3) is 0.222. The molecule has 0 aromatic heterocycles. The van der Waals surface area contributed by atoms with Crippen molar-refractivity contribution >= 4 is 23.9 Å². The van der Waals surface area contributed by atoms with Crippen LogP contribution in [0.3, 0.4) is 0 Å². The van der Waals surface area contributed by atoms with Gasteiger partial charge in [0.15, 0.2) is 0 Å². The first kappa shape index (κ1) is 11.9. The zero-order chi connectivity index (χ0) is 11.3. The van der Waals surface area contributed by atoms with Gasteiger partial charge in [-0.25, -0.2) is 0 Å². The van der Waals surface area contributed by atoms with E-state index in [4.69, 9.17) is 0 Å². The van der Waals surface area contributed by atoms with E-state index in [0.29, 0.717) is 28.8 Å². The van der Waals surface area contributed by atoms with Gasteiger partial charge < -0.3 is 5.32 Å². The van der Waals surface area contributed by atoms with Crippen molar-refractivity contribution in [1.82, 2.24) is 0 Å². The monoisotopic (exact) mass is 235 g/mol. The molecule has 15 heavy (non-hydrogen) atoms. The molecule has 0 saturated carbocycles. The van der Waals surface area contributed by atoms with Gasteiger partial charge in [0.2, 0.25) is 6.41 Å². The number of halogens is 3. The van der Waals surface area contributed by atoms with E-state index in [2.05, 4.69) is 5.32 Å². The van der Waals surface area contributed by atoms with Gasteiger partial charge in [-0.3, -0.25) is 4.79 Å². The third kappa shape index (κ3) is 4.24. The van der Waals surface area contributed by atoms with E-state index in [1.54, 1.807) is 18.2 Å². The standard InChI is InChI=1S/C9H8F3NOS/c10-9(11,12)5-15-8-4-2-1-3-7(8)13-6-14/h1-4,6H,5H2,(H,13,14). The van der Waals surface area contributed by atoms with Crippen LogP contribution in [0.15, 0.2) is 29.2 Å². The number of carbonyl (C=O) groups is 1. The second-order valence-corrected chi connectivity index (χ2v) is 3.68. The van der Waals surface area contributed by atoms with E-state index in [1.165, 1.54) is 6.07 Å². The number of carbonyl (C=O) groups excluding carboxylic acids is 1. The van der Waals surface area contributed by atoms with Crippen molar-refractivity contribution in [3.05, 3.63) is 24.3 Å². The zero-order valence-electron chi connectivity index (χ0n) is 7.54. The van der Waals surface area contributed by atoms with Gasteiger partial charge in [0.05, 0.1) is 11.4 Å². The molecule has 0 atom stereocenters. The summed E-state index contributed by atoms with van der Waals surface area (Å²) in [6.45, 7) is 0. The molecule has 0 unspecified atom stereocenters. The molecule has 0 heterocycles. The van der Waals surface area contributed by atoms with Crippen molar-refractivity contribution in [3.8, 4) is 0 Å². The maximum Gasteiger partial charge on any atom is 0.398 e. The summed E-state index contributed by atoms with van der Waals surface area (Å²) in [6.07, 6.45) is -3.77. The van der Waals surface area contributed by atoms with Gasteiger partial charge in [-0.15, -0.1) is 11.8 Å². The minimum Gasteiger partial charge on any atom is -0.328 e. The fourth-order valence-electron chi connectivity index (χ4n) is 0.935. The van der Waals surface area contributed by atoms with Crippen LogP contribution >= 0.6 is 11.8 Å². The Morgan fingerprint density at radius 2 is 2.00 bits per heavy atom. The van der Waals surface area contributed by atoms with Gasteiger partial charge >= 0.3 is 6.18 Å². The Kier molecular flexibility index (Phi) is 4.02. The number of para-hydroxylation sites is 1. The number of rotatable bonds is 4. The maximum absolute atomic E-state index is 11.9. The van der Waals surface area contributed by atoms with Crippen LogP contribution in [0.25, 0.3) is 0 Å². The second kappa shape index (κ2) is 5.06. The lowest BCUT2D eigenvalue weighted by atomic mass is 10.3. The molecule has 1 aromatic carbocycles. The second-order valence-electron chi connectivity index (χ2n) is 2.66. The minimum absolute atomic E-state index is 0.391. The summed E-state index contributed by atoms with van der Waals surface area (Å²) in [6, 6.07) is 6.34. The average Bonchev–Trinajstić information content (AvgIpc) is 2.16. The van der Waals surface area contributed by atoms with Crippen molar-refractivity contribution in [2.24, 2.45) is 0 Å². The highest BCUT2D eigenvalue weighted by Gasteiger charge is 2.27. The lowest BCUT2D eigenvalue weighted by molar-refractivity contribution is -0.106. The van der Waals surface area contributed by atoms with Crippen LogP contribution in [-0.2, 0) is 4.79 Å². The first-order chi connectivity index (χ1) is 7.03. The van der Waals surface area contributed by atoms with Gasteiger partial charge in [-0.1, -0.05) is 12.1 Å². The molecule has 0 aliphatic carbocycles. The Morgan fingerprint density at radius 1 is 1.33 bits per heavy atom. The molecule has 6 heteroatoms. The highest BCUT2D eigenvalue weighted by atomic mass is 32.2. The van der Waals surface area contributed by atoms with Gasteiger partial charge in [0.1, 0.15) is 0 Å². The number of hydrogen-bond acceptors (Lipinski definition) is 2. The molecule has 0 radical (unpaired) electrons. The summed E-state index contributed by atoms with van der Waals surface area (Å²) in [4.78, 5) is 10.6. The molecule has 0 spiro atoms. The van der Waals surface area contributed by atoms with Crippen molar-refractivity contribution < 1.29 is 18.0 Å². The molecule has 0 saturated heterocycles. The molecule has 1 amide bonds. The van der Waals surface area contributed by atoms with Crippen LogP contribution in [-0.4, -0.2) is 18.3 Å². The third-order valence-electron chi connectivity index (χ3n) is 1.49. The number of amides is 1. The Hall–Kier alpha value is -1.17. The lowest BCUT2D eigenvalue weighted by Crippen LogP contribution is -2.10. The minimum atomic E-state index is -4.21. The Balaban J connectivity index is 2.71. The lowest BCUT2D eigenvalue weighted by Gasteiger charge is -2.09. The van der Waals surface area contributed by atoms with Gasteiger partial charge in [0, 0.05) is 4.90 Å². The van der Waals surface area contributed by atoms with E-state index in [9.17, 15) is 18.0 Å². The average molecular weight is 235 g/mol. The largest absolute Gasteiger partial charge is 0.398 e. The Morgan fingerprint density at radius 3 is 2.60 bits per heavy atom. The first-order valence-electron chi connectivity index (χ1n) is 4.02. The number of alkyl halides is 3. The molecular weight excluding hydrogens is 227 g/mol. The van der Waals surface area contributed by atoms with Crippen LogP contribution < -0.4 is 5.32 Å². The summed E-state index contributed by atoms with van der Waals surface area (Å²) < 4.78 is 35.8. The molecule has 0 aliphatic rings. The topological polar surface area (TPSA) is 29.1 Å². The summed E-state index contributed by atoms with van der Waals surface area (Å²) in [5, 5.41) is 2.34. The highest BCUT2D eigenvalue weighted by molar-refractivity contribution is 7.99. The van der Waals surface area contributed by atoms with Crippen LogP contribution in [0.2, 0.25) is 0 Å². The van der Waals surface area contributed by atoms with Crippen molar-refractivity contribution in [1.29, 1.82) is 0 Å². The number of benzene rings is 1. The molecule has 2 nitrogen and oxygen atoms in total. The fourth-order valence-corrected chi connectivity index (χ4v) is 1.71. The molecule has 82 valence electrons. The molecule has 1 rings (SSSR count). The van der Waals surface area contributed by atoms with Gasteiger partial charge in [-0.05, 0) is 12.1 Å². The quantitative estimate of drug-likeness (QED) is 0.642. The van der Waals surface area contributed by atoms with Crippen LogP contribution in [0.1, 0.15) is 0 Å². The smallest absolute Gasteiger partial charge is 0.328 e. The van der Waals surface area contributed by atoms with Gasteiger partial charge in [0.25, 0.3) is 0 Å². The number of hydrogen-bond donors (Lipinski definition) is 1. The van der Waals surface area contributed by atoms with Crippen molar-refractivity contribution in [2.75, 3.05) is 11.1 Å². The molecule has 0 bridgehead atoms. The number of anilines is 1. The third-order valence-corrected chi connectivity index (χ3v) is 2.63. The normalized spacial score (nSPS) is 11.1. The summed E-state index contributed by atoms with van der Waals surface area (Å²) in [5.41, 5.74) is 0.391. The number of thioether (sulfide) groups is 1. The number of nitrogens with one attached hydrogen (secondary N) is 1. The highest BCUT2D eigenvalue weighted by Crippen LogP contribution is 2.31. The molecular formula is C9H8F3NOS. The van der Waals surface area contributed by atoms with Crippen molar-refractivity contribution in [2.45, 2.75) is 11.1 Å².